The zero-order valence-corrected chi connectivity index (χ0v) is 10.9. The maximum absolute atomic E-state index is 6.06. The summed E-state index contributed by atoms with van der Waals surface area (Å²) in [7, 11) is 0. The molecule has 0 aromatic heterocycles. The highest BCUT2D eigenvalue weighted by atomic mass is 16.5. The Morgan fingerprint density at radius 2 is 2.12 bits per heavy atom. The quantitative estimate of drug-likeness (QED) is 0.715. The molecule has 1 saturated carbocycles. The summed E-state index contributed by atoms with van der Waals surface area (Å²) in [6.07, 6.45) is 9.01. The van der Waals surface area contributed by atoms with Gasteiger partial charge in [0.1, 0.15) is 0 Å². The van der Waals surface area contributed by atoms with Gasteiger partial charge in [-0.2, -0.15) is 0 Å². The van der Waals surface area contributed by atoms with Crippen molar-refractivity contribution in [2.45, 2.75) is 51.7 Å². The lowest BCUT2D eigenvalue weighted by molar-refractivity contribution is -0.0143. The number of terminal acetylenes is 1. The zero-order valence-electron chi connectivity index (χ0n) is 10.9. The summed E-state index contributed by atoms with van der Waals surface area (Å²) in [5, 5.41) is 0. The average Bonchev–Trinajstić information content (AvgIpc) is 3.08. The summed E-state index contributed by atoms with van der Waals surface area (Å²) in [4.78, 5) is 0. The minimum absolute atomic E-state index is 0.0226. The first kappa shape index (κ1) is 12.2. The summed E-state index contributed by atoms with van der Waals surface area (Å²) < 4.78 is 6.06. The second-order valence-corrected chi connectivity index (χ2v) is 5.03. The van der Waals surface area contributed by atoms with Crippen molar-refractivity contribution >= 4 is 0 Å². The molecule has 1 heteroatoms. The predicted molar refractivity (Wildman–Crippen MR) is 70.9 cm³/mol. The third kappa shape index (κ3) is 2.37. The molecule has 0 heterocycles. The Morgan fingerprint density at radius 3 is 2.59 bits per heavy atom. The van der Waals surface area contributed by atoms with Crippen LogP contribution in [0.25, 0.3) is 0 Å². The zero-order chi connectivity index (χ0) is 12.5. The number of hydrogen-bond donors (Lipinski definition) is 0. The molecule has 1 aliphatic rings. The molecular formula is C16H20O. The fourth-order valence-electron chi connectivity index (χ4n) is 2.35. The lowest BCUT2D eigenvalue weighted by atomic mass is 9.98. The highest BCUT2D eigenvalue weighted by Crippen LogP contribution is 2.50. The molecule has 1 aliphatic carbocycles. The Morgan fingerprint density at radius 1 is 1.41 bits per heavy atom. The Hall–Kier alpha value is -1.26. The number of rotatable bonds is 4. The first-order valence-corrected chi connectivity index (χ1v) is 6.39. The van der Waals surface area contributed by atoms with Gasteiger partial charge in [-0.1, -0.05) is 25.0 Å². The minimum atomic E-state index is -0.0226. The van der Waals surface area contributed by atoms with E-state index in [9.17, 15) is 0 Å². The molecule has 0 radical (unpaired) electrons. The minimum Gasteiger partial charge on any atom is -0.368 e. The van der Waals surface area contributed by atoms with E-state index in [0.717, 1.165) is 24.8 Å². The Bertz CT molecular complexity index is 447. The van der Waals surface area contributed by atoms with Crippen LogP contribution in [0.15, 0.2) is 18.2 Å². The summed E-state index contributed by atoms with van der Waals surface area (Å²) in [5.41, 5.74) is 3.54. The molecule has 0 amide bonds. The smallest absolute Gasteiger partial charge is 0.0937 e. The van der Waals surface area contributed by atoms with Crippen LogP contribution in [0.3, 0.4) is 0 Å². The van der Waals surface area contributed by atoms with Crippen molar-refractivity contribution in [1.29, 1.82) is 0 Å². The molecule has 0 N–H and O–H groups in total. The second-order valence-electron chi connectivity index (χ2n) is 5.03. The molecule has 0 unspecified atom stereocenters. The van der Waals surface area contributed by atoms with E-state index in [2.05, 4.69) is 44.9 Å². The Kier molecular flexibility index (Phi) is 3.26. The van der Waals surface area contributed by atoms with Crippen molar-refractivity contribution in [3.63, 3.8) is 0 Å². The third-order valence-electron chi connectivity index (χ3n) is 3.33. The van der Waals surface area contributed by atoms with Crippen molar-refractivity contribution in [3.05, 3.63) is 34.9 Å². The van der Waals surface area contributed by atoms with Crippen LogP contribution in [0.2, 0.25) is 0 Å². The van der Waals surface area contributed by atoms with E-state index in [0.29, 0.717) is 0 Å². The summed E-state index contributed by atoms with van der Waals surface area (Å²) >= 11 is 0. The van der Waals surface area contributed by atoms with Crippen LogP contribution in [-0.2, 0) is 16.8 Å². The lowest BCUT2D eigenvalue weighted by Gasteiger charge is -2.21. The molecule has 1 aromatic rings. The molecule has 0 spiro atoms. The van der Waals surface area contributed by atoms with Crippen molar-refractivity contribution in [3.8, 4) is 12.3 Å². The summed E-state index contributed by atoms with van der Waals surface area (Å²) in [6, 6.07) is 6.41. The summed E-state index contributed by atoms with van der Waals surface area (Å²) in [5.74, 6) is 2.75. The Balaban J connectivity index is 2.31. The van der Waals surface area contributed by atoms with E-state index >= 15 is 0 Å². The molecule has 0 bridgehead atoms. The Labute approximate surface area is 104 Å². The van der Waals surface area contributed by atoms with Crippen molar-refractivity contribution < 1.29 is 4.74 Å². The molecule has 0 saturated heterocycles. The van der Waals surface area contributed by atoms with Gasteiger partial charge in [0.15, 0.2) is 0 Å². The molecule has 1 nitrogen and oxygen atoms in total. The lowest BCUT2D eigenvalue weighted by Crippen LogP contribution is -2.17. The monoisotopic (exact) mass is 228 g/mol. The molecule has 0 aliphatic heterocycles. The van der Waals surface area contributed by atoms with E-state index < -0.39 is 0 Å². The first-order chi connectivity index (χ1) is 8.11. The van der Waals surface area contributed by atoms with Gasteiger partial charge in [0.2, 0.25) is 0 Å². The van der Waals surface area contributed by atoms with Crippen LogP contribution >= 0.6 is 0 Å². The molecule has 1 fully saturated rings. The molecular weight excluding hydrogens is 208 g/mol. The predicted octanol–water partition coefficient (Wildman–Crippen LogP) is 3.64. The van der Waals surface area contributed by atoms with Gasteiger partial charge in [0, 0.05) is 5.56 Å². The van der Waals surface area contributed by atoms with Crippen molar-refractivity contribution in [2.75, 3.05) is 0 Å². The first-order valence-electron chi connectivity index (χ1n) is 6.39. The van der Waals surface area contributed by atoms with Gasteiger partial charge < -0.3 is 4.74 Å². The van der Waals surface area contributed by atoms with Gasteiger partial charge in [0.25, 0.3) is 0 Å². The molecule has 2 rings (SSSR count). The number of benzene rings is 1. The number of ether oxygens (including phenoxy) is 1. The van der Waals surface area contributed by atoms with Crippen LogP contribution in [0.4, 0.5) is 0 Å². The van der Waals surface area contributed by atoms with Gasteiger partial charge in [-0.05, 0) is 50.3 Å². The van der Waals surface area contributed by atoms with E-state index in [1.54, 1.807) is 0 Å². The molecule has 17 heavy (non-hydrogen) atoms. The van der Waals surface area contributed by atoms with E-state index in [-0.39, 0.29) is 11.7 Å². The van der Waals surface area contributed by atoms with Crippen molar-refractivity contribution in [2.24, 2.45) is 0 Å². The van der Waals surface area contributed by atoms with Crippen LogP contribution in [0, 0.1) is 12.3 Å². The molecule has 1 aromatic carbocycles. The topological polar surface area (TPSA) is 9.23 Å². The normalized spacial score (nSPS) is 16.9. The fourth-order valence-corrected chi connectivity index (χ4v) is 2.35. The fraction of sp³-hybridized carbons (Fsp3) is 0.500. The van der Waals surface area contributed by atoms with Crippen LogP contribution in [0.5, 0.6) is 0 Å². The third-order valence-corrected chi connectivity index (χ3v) is 3.33. The number of hydrogen-bond acceptors (Lipinski definition) is 1. The maximum Gasteiger partial charge on any atom is 0.0937 e. The van der Waals surface area contributed by atoms with Crippen LogP contribution in [-0.4, -0.2) is 6.10 Å². The van der Waals surface area contributed by atoms with Gasteiger partial charge in [-0.25, -0.2) is 0 Å². The van der Waals surface area contributed by atoms with E-state index in [4.69, 9.17) is 11.2 Å². The maximum atomic E-state index is 6.06. The SMILES string of the molecule is C#Cc1ccc(C2(OC(C)C)CC2)cc1CC. The average molecular weight is 228 g/mol. The van der Waals surface area contributed by atoms with E-state index in [1.165, 1.54) is 11.1 Å². The van der Waals surface area contributed by atoms with Crippen LogP contribution < -0.4 is 0 Å². The summed E-state index contributed by atoms with van der Waals surface area (Å²) in [6.45, 7) is 6.33. The van der Waals surface area contributed by atoms with Crippen LogP contribution in [0.1, 0.15) is 50.3 Å². The van der Waals surface area contributed by atoms with Gasteiger partial charge in [-0.3, -0.25) is 0 Å². The second kappa shape index (κ2) is 4.55. The molecule has 90 valence electrons. The van der Waals surface area contributed by atoms with Gasteiger partial charge >= 0.3 is 0 Å². The largest absolute Gasteiger partial charge is 0.368 e. The highest BCUT2D eigenvalue weighted by Gasteiger charge is 2.46. The highest BCUT2D eigenvalue weighted by molar-refractivity contribution is 5.44. The van der Waals surface area contributed by atoms with Crippen molar-refractivity contribution in [1.82, 2.24) is 0 Å². The van der Waals surface area contributed by atoms with Gasteiger partial charge in [-0.15, -0.1) is 6.42 Å². The number of aryl methyl sites for hydroxylation is 1. The molecule has 0 atom stereocenters. The van der Waals surface area contributed by atoms with Gasteiger partial charge in [0.05, 0.1) is 11.7 Å². The standard InChI is InChI=1S/C16H20O/c1-5-13-7-8-15(11-14(13)6-2)16(9-10-16)17-12(3)4/h1,7-8,11-12H,6,9-10H2,2-4H3. The van der Waals surface area contributed by atoms with E-state index in [1.807, 2.05) is 0 Å².